The van der Waals surface area contributed by atoms with Crippen LogP contribution in [0.2, 0.25) is 0 Å². The third-order valence-electron chi connectivity index (χ3n) is 8.85. The van der Waals surface area contributed by atoms with Crippen molar-refractivity contribution in [2.45, 2.75) is 78.1 Å². The van der Waals surface area contributed by atoms with Crippen LogP contribution in [0.15, 0.2) is 46.3 Å². The van der Waals surface area contributed by atoms with Gasteiger partial charge in [0.05, 0.1) is 19.6 Å². The fraction of sp³-hybridized carbons (Fsp3) is 0.567. The molecule has 216 valence electrons. The van der Waals surface area contributed by atoms with E-state index in [2.05, 4.69) is 0 Å². The highest BCUT2D eigenvalue weighted by Gasteiger charge is 2.61. The van der Waals surface area contributed by atoms with E-state index in [1.165, 1.54) is 19.6 Å². The molecule has 0 bridgehead atoms. The molecule has 1 fully saturated rings. The van der Waals surface area contributed by atoms with Gasteiger partial charge in [-0.1, -0.05) is 40.7 Å². The quantitative estimate of drug-likeness (QED) is 0.390. The molecule has 10 nitrogen and oxygen atoms in total. The van der Waals surface area contributed by atoms with Crippen LogP contribution in [0.5, 0.6) is 0 Å². The van der Waals surface area contributed by atoms with E-state index >= 15 is 0 Å². The highest BCUT2D eigenvalue weighted by Crippen LogP contribution is 2.56. The van der Waals surface area contributed by atoms with Crippen molar-refractivity contribution in [1.82, 2.24) is 0 Å². The number of rotatable bonds is 7. The Kier molecular flexibility index (Phi) is 7.70. The van der Waals surface area contributed by atoms with Gasteiger partial charge < -0.3 is 23.7 Å². The van der Waals surface area contributed by atoms with Crippen LogP contribution >= 0.6 is 0 Å². The van der Waals surface area contributed by atoms with Crippen molar-refractivity contribution in [1.29, 1.82) is 0 Å². The number of hydrogen-bond donors (Lipinski definition) is 1. The van der Waals surface area contributed by atoms with Crippen molar-refractivity contribution >= 4 is 29.5 Å². The number of Topliss-reactive ketones (excluding diaryl/α,β-unsaturated/α-hetero) is 2. The Morgan fingerprint density at radius 3 is 2.45 bits per heavy atom. The number of methoxy groups -OCH3 is 1. The van der Waals surface area contributed by atoms with E-state index in [4.69, 9.17) is 18.6 Å². The zero-order valence-corrected chi connectivity index (χ0v) is 23.6. The maximum atomic E-state index is 14.2. The van der Waals surface area contributed by atoms with Crippen LogP contribution in [-0.4, -0.2) is 53.4 Å². The van der Waals surface area contributed by atoms with E-state index in [-0.39, 0.29) is 36.8 Å². The number of carbonyl (C=O) groups excluding carboxylic acids is 5. The summed E-state index contributed by atoms with van der Waals surface area (Å²) in [6, 6.07) is 1.64. The molecule has 0 aromatic carbocycles. The van der Waals surface area contributed by atoms with Crippen LogP contribution in [0.3, 0.4) is 0 Å². The van der Waals surface area contributed by atoms with Crippen LogP contribution in [0, 0.1) is 22.7 Å². The molecule has 1 saturated carbocycles. The van der Waals surface area contributed by atoms with Crippen molar-refractivity contribution < 1.29 is 47.7 Å². The summed E-state index contributed by atoms with van der Waals surface area (Å²) in [7, 11) is 1.27. The summed E-state index contributed by atoms with van der Waals surface area (Å²) in [5.41, 5.74) is -3.49. The number of fused-ring (bicyclic) bond motifs is 1. The Morgan fingerprint density at radius 1 is 1.15 bits per heavy atom. The van der Waals surface area contributed by atoms with Crippen LogP contribution in [-0.2, 0) is 38.2 Å². The molecule has 0 spiro atoms. The summed E-state index contributed by atoms with van der Waals surface area (Å²) in [4.78, 5) is 65.2. The monoisotopic (exact) mass is 556 g/mol. The number of ether oxygens (including phenoxy) is 3. The molecule has 0 saturated heterocycles. The molecular weight excluding hydrogens is 520 g/mol. The Balaban J connectivity index is 1.79. The van der Waals surface area contributed by atoms with Gasteiger partial charge in [-0.3, -0.25) is 19.2 Å². The molecule has 1 N–H and O–H groups in total. The lowest BCUT2D eigenvalue weighted by Crippen LogP contribution is -2.60. The maximum Gasteiger partial charge on any atom is 0.331 e. The van der Waals surface area contributed by atoms with Crippen molar-refractivity contribution in [3.8, 4) is 0 Å². The predicted molar refractivity (Wildman–Crippen MR) is 139 cm³/mol. The number of hydrogen-bond acceptors (Lipinski definition) is 10. The third-order valence-corrected chi connectivity index (χ3v) is 8.85. The molecule has 0 amide bonds. The first-order valence-electron chi connectivity index (χ1n) is 13.4. The van der Waals surface area contributed by atoms with E-state index in [0.717, 1.165) is 6.08 Å². The van der Waals surface area contributed by atoms with Crippen molar-refractivity contribution in [3.05, 3.63) is 47.5 Å². The van der Waals surface area contributed by atoms with E-state index in [1.807, 2.05) is 13.8 Å². The standard InChI is InChI=1S/C30H36O10/c1-7-21(31)39-27(18-14-28(3,4)19(12-22(32)37-6)16(2)24(18)34)30(36)10-9-29(5)20(25(30)35)13-23(33)40-26(29)17-8-11-38-15-17/h8,11,13-16,19,26-27,36H,7,9-10,12H2,1-6H3. The number of allylic oxidation sites excluding steroid dienone is 1. The van der Waals surface area contributed by atoms with E-state index in [1.54, 1.807) is 32.9 Å². The number of aliphatic hydroxyl groups is 1. The van der Waals surface area contributed by atoms with Crippen molar-refractivity contribution in [2.75, 3.05) is 7.11 Å². The van der Waals surface area contributed by atoms with Crippen molar-refractivity contribution in [3.63, 3.8) is 0 Å². The largest absolute Gasteiger partial charge is 0.472 e. The van der Waals surface area contributed by atoms with Crippen molar-refractivity contribution in [2.24, 2.45) is 22.7 Å². The van der Waals surface area contributed by atoms with Crippen LogP contribution in [0.1, 0.15) is 72.0 Å². The zero-order valence-electron chi connectivity index (χ0n) is 23.6. The van der Waals surface area contributed by atoms with Crippen LogP contribution < -0.4 is 0 Å². The fourth-order valence-corrected chi connectivity index (χ4v) is 6.41. The van der Waals surface area contributed by atoms with E-state index in [9.17, 15) is 29.1 Å². The normalized spacial score (nSPS) is 32.3. The number of cyclic esters (lactones) is 1. The zero-order chi connectivity index (χ0) is 29.6. The maximum absolute atomic E-state index is 14.2. The van der Waals surface area contributed by atoms with Gasteiger partial charge in [-0.2, -0.15) is 0 Å². The minimum atomic E-state index is -2.32. The first-order valence-corrected chi connectivity index (χ1v) is 13.4. The van der Waals surface area contributed by atoms with Crippen LogP contribution in [0.4, 0.5) is 0 Å². The summed E-state index contributed by atoms with van der Waals surface area (Å²) in [5.74, 6) is -4.30. The predicted octanol–water partition coefficient (Wildman–Crippen LogP) is 3.58. The molecule has 6 unspecified atom stereocenters. The molecule has 6 atom stereocenters. The average molecular weight is 557 g/mol. The second-order valence-electron chi connectivity index (χ2n) is 11.8. The second-order valence-corrected chi connectivity index (χ2v) is 11.8. The molecular formula is C30H36O10. The smallest absolute Gasteiger partial charge is 0.331 e. The Hall–Kier alpha value is -3.53. The van der Waals surface area contributed by atoms with Gasteiger partial charge in [0.25, 0.3) is 0 Å². The molecule has 10 heteroatoms. The third kappa shape index (κ3) is 4.82. The first-order chi connectivity index (χ1) is 18.7. The van der Waals surface area contributed by atoms with Gasteiger partial charge >= 0.3 is 17.9 Å². The Labute approximate surface area is 232 Å². The topological polar surface area (TPSA) is 146 Å². The highest BCUT2D eigenvalue weighted by atomic mass is 16.6. The Morgan fingerprint density at radius 2 is 1.85 bits per heavy atom. The van der Waals surface area contributed by atoms with Gasteiger partial charge in [0.1, 0.15) is 6.10 Å². The van der Waals surface area contributed by atoms with E-state index in [0.29, 0.717) is 5.56 Å². The minimum Gasteiger partial charge on any atom is -0.472 e. The SMILES string of the molecule is CCC(=O)OC(C1=CC(C)(C)C(CC(=O)OC)C(C)C1=O)C1(O)CCC2(C)C(=CC(=O)OC2c2ccoc2)C1=O. The Bertz CT molecular complexity index is 1290. The second kappa shape index (κ2) is 10.5. The average Bonchev–Trinajstić information content (AvgIpc) is 3.45. The molecule has 2 heterocycles. The van der Waals surface area contributed by atoms with Crippen LogP contribution in [0.25, 0.3) is 0 Å². The molecule has 1 aromatic heterocycles. The van der Waals surface area contributed by atoms with Gasteiger partial charge in [0.2, 0.25) is 0 Å². The molecule has 40 heavy (non-hydrogen) atoms. The fourth-order valence-electron chi connectivity index (χ4n) is 6.41. The summed E-state index contributed by atoms with van der Waals surface area (Å²) in [5, 5.41) is 12.1. The lowest BCUT2D eigenvalue weighted by Gasteiger charge is -2.50. The van der Waals surface area contributed by atoms with Gasteiger partial charge in [-0.05, 0) is 30.2 Å². The molecule has 0 radical (unpaired) electrons. The van der Waals surface area contributed by atoms with Gasteiger partial charge in [-0.15, -0.1) is 0 Å². The highest BCUT2D eigenvalue weighted by molar-refractivity contribution is 6.10. The summed E-state index contributed by atoms with van der Waals surface area (Å²) < 4.78 is 21.3. The van der Waals surface area contributed by atoms with Gasteiger partial charge in [0, 0.05) is 47.0 Å². The van der Waals surface area contributed by atoms with Gasteiger partial charge in [0.15, 0.2) is 23.3 Å². The lowest BCUT2D eigenvalue weighted by atomic mass is 9.57. The molecule has 1 aromatic rings. The number of esters is 3. The minimum absolute atomic E-state index is 0.00838. The molecule has 4 rings (SSSR count). The molecule has 3 aliphatic rings. The number of furan rings is 1. The molecule has 1 aliphatic heterocycles. The number of ketones is 2. The lowest BCUT2D eigenvalue weighted by molar-refractivity contribution is -0.177. The summed E-state index contributed by atoms with van der Waals surface area (Å²) >= 11 is 0. The van der Waals surface area contributed by atoms with Gasteiger partial charge in [-0.25, -0.2) is 4.79 Å². The summed E-state index contributed by atoms with van der Waals surface area (Å²) in [6.07, 6.45) is 3.02. The first kappa shape index (κ1) is 29.5. The molecule has 2 aliphatic carbocycles. The van der Waals surface area contributed by atoms with E-state index < -0.39 is 69.9 Å². The number of carbonyl (C=O) groups is 5. The summed E-state index contributed by atoms with van der Waals surface area (Å²) in [6.45, 7) is 8.67.